The summed E-state index contributed by atoms with van der Waals surface area (Å²) in [6.45, 7) is 6.74. The SMILES string of the molecule is Cc1nc(-c2ccc(-c3ccc(C(=O)Nc4cccc(OCC5CCCN(C)C5)c4)cc3)c(C)c2)no1. The van der Waals surface area contributed by atoms with E-state index in [1.54, 1.807) is 6.92 Å². The van der Waals surface area contributed by atoms with Crippen LogP contribution in [0.1, 0.15) is 34.7 Å². The summed E-state index contributed by atoms with van der Waals surface area (Å²) in [5.74, 6) is 2.28. The van der Waals surface area contributed by atoms with Gasteiger partial charge in [-0.3, -0.25) is 4.79 Å². The average Bonchev–Trinajstić information content (AvgIpc) is 3.34. The molecule has 1 aliphatic heterocycles. The molecular formula is C30H32N4O3. The summed E-state index contributed by atoms with van der Waals surface area (Å²) in [7, 11) is 2.16. The minimum atomic E-state index is -0.155. The molecule has 190 valence electrons. The van der Waals surface area contributed by atoms with Crippen LogP contribution in [0.3, 0.4) is 0 Å². The molecule has 1 amide bonds. The van der Waals surface area contributed by atoms with E-state index in [9.17, 15) is 4.79 Å². The van der Waals surface area contributed by atoms with Gasteiger partial charge in [0.2, 0.25) is 11.7 Å². The van der Waals surface area contributed by atoms with Gasteiger partial charge in [0, 0.05) is 42.3 Å². The van der Waals surface area contributed by atoms with Crippen LogP contribution < -0.4 is 10.1 Å². The third kappa shape index (κ3) is 6.06. The quantitative estimate of drug-likeness (QED) is 0.338. The first-order valence-corrected chi connectivity index (χ1v) is 12.7. The van der Waals surface area contributed by atoms with Crippen molar-refractivity contribution in [3.8, 4) is 28.3 Å². The topological polar surface area (TPSA) is 80.5 Å². The fourth-order valence-corrected chi connectivity index (χ4v) is 4.83. The Morgan fingerprint density at radius 3 is 2.62 bits per heavy atom. The summed E-state index contributed by atoms with van der Waals surface area (Å²) in [6.07, 6.45) is 2.41. The molecule has 1 aliphatic rings. The number of anilines is 1. The van der Waals surface area contributed by atoms with E-state index in [4.69, 9.17) is 9.26 Å². The van der Waals surface area contributed by atoms with Crippen molar-refractivity contribution in [2.75, 3.05) is 32.1 Å². The van der Waals surface area contributed by atoms with Gasteiger partial charge in [-0.05, 0) is 80.4 Å². The number of amides is 1. The van der Waals surface area contributed by atoms with Crippen LogP contribution in [0.2, 0.25) is 0 Å². The highest BCUT2D eigenvalue weighted by atomic mass is 16.5. The van der Waals surface area contributed by atoms with Gasteiger partial charge in [0.25, 0.3) is 5.91 Å². The molecule has 1 saturated heterocycles. The molecule has 7 nitrogen and oxygen atoms in total. The number of carbonyl (C=O) groups excluding carboxylic acids is 1. The molecule has 0 radical (unpaired) electrons. The van der Waals surface area contributed by atoms with Crippen LogP contribution in [0.25, 0.3) is 22.5 Å². The van der Waals surface area contributed by atoms with Crippen LogP contribution in [0, 0.1) is 19.8 Å². The summed E-state index contributed by atoms with van der Waals surface area (Å²) < 4.78 is 11.1. The molecule has 1 N–H and O–H groups in total. The smallest absolute Gasteiger partial charge is 0.255 e. The number of nitrogens with zero attached hydrogens (tertiary/aromatic N) is 3. The van der Waals surface area contributed by atoms with Crippen molar-refractivity contribution < 1.29 is 14.1 Å². The summed E-state index contributed by atoms with van der Waals surface area (Å²) >= 11 is 0. The zero-order chi connectivity index (χ0) is 25.8. The summed E-state index contributed by atoms with van der Waals surface area (Å²) in [5, 5.41) is 6.99. The lowest BCUT2D eigenvalue weighted by molar-refractivity contribution is 0.102. The van der Waals surface area contributed by atoms with Gasteiger partial charge in [0.1, 0.15) is 5.75 Å². The first kappa shape index (κ1) is 24.7. The van der Waals surface area contributed by atoms with Crippen LogP contribution in [0.15, 0.2) is 71.3 Å². The lowest BCUT2D eigenvalue weighted by atomic mass is 9.97. The van der Waals surface area contributed by atoms with E-state index in [1.807, 2.05) is 73.7 Å². The standard InChI is InChI=1S/C30H32N4O3/c1-20-16-25(29-31-21(2)37-33-29)13-14-28(20)23-9-11-24(12-10-23)30(35)32-26-7-4-8-27(17-26)36-19-22-6-5-15-34(3)18-22/h4,7-14,16-17,22H,5-6,15,18-19H2,1-3H3,(H,32,35). The van der Waals surface area contributed by atoms with E-state index in [-0.39, 0.29) is 5.91 Å². The molecule has 1 atom stereocenters. The molecule has 3 aromatic carbocycles. The minimum Gasteiger partial charge on any atom is -0.493 e. The Labute approximate surface area is 217 Å². The molecule has 1 aromatic heterocycles. The molecule has 0 spiro atoms. The molecule has 0 saturated carbocycles. The number of aromatic nitrogens is 2. The van der Waals surface area contributed by atoms with Gasteiger partial charge in [0.15, 0.2) is 0 Å². The Bertz CT molecular complexity index is 1380. The third-order valence-corrected chi connectivity index (χ3v) is 6.77. The number of benzene rings is 3. The summed E-state index contributed by atoms with van der Waals surface area (Å²) in [4.78, 5) is 19.6. The molecule has 1 fully saturated rings. The Morgan fingerprint density at radius 2 is 1.89 bits per heavy atom. The van der Waals surface area contributed by atoms with Crippen LogP contribution in [0.5, 0.6) is 5.75 Å². The van der Waals surface area contributed by atoms with Gasteiger partial charge in [-0.15, -0.1) is 0 Å². The number of hydrogen-bond donors (Lipinski definition) is 1. The average molecular weight is 497 g/mol. The third-order valence-electron chi connectivity index (χ3n) is 6.77. The van der Waals surface area contributed by atoms with E-state index >= 15 is 0 Å². The van der Waals surface area contributed by atoms with Crippen molar-refractivity contribution in [1.82, 2.24) is 15.0 Å². The number of hydrogen-bond acceptors (Lipinski definition) is 6. The second kappa shape index (κ2) is 11.0. The molecule has 1 unspecified atom stereocenters. The first-order valence-electron chi connectivity index (χ1n) is 12.7. The molecule has 5 rings (SSSR count). The molecule has 37 heavy (non-hydrogen) atoms. The lowest BCUT2D eigenvalue weighted by Crippen LogP contribution is -2.34. The second-order valence-electron chi connectivity index (χ2n) is 9.81. The Hall–Kier alpha value is -3.97. The molecule has 0 bridgehead atoms. The van der Waals surface area contributed by atoms with Crippen LogP contribution in [0.4, 0.5) is 5.69 Å². The maximum Gasteiger partial charge on any atom is 0.255 e. The van der Waals surface area contributed by atoms with Gasteiger partial charge >= 0.3 is 0 Å². The molecule has 7 heteroatoms. The number of likely N-dealkylation sites (tertiary alicyclic amines) is 1. The number of piperidine rings is 1. The summed E-state index contributed by atoms with van der Waals surface area (Å²) in [6, 6.07) is 21.3. The van der Waals surface area contributed by atoms with Crippen molar-refractivity contribution in [1.29, 1.82) is 0 Å². The lowest BCUT2D eigenvalue weighted by Gasteiger charge is -2.29. The minimum absolute atomic E-state index is 0.155. The molecular weight excluding hydrogens is 464 g/mol. The first-order chi connectivity index (χ1) is 17.9. The van der Waals surface area contributed by atoms with Crippen LogP contribution in [-0.4, -0.2) is 47.7 Å². The zero-order valence-electron chi connectivity index (χ0n) is 21.5. The fourth-order valence-electron chi connectivity index (χ4n) is 4.83. The highest BCUT2D eigenvalue weighted by Gasteiger charge is 2.18. The van der Waals surface area contributed by atoms with E-state index in [0.717, 1.165) is 46.8 Å². The van der Waals surface area contributed by atoms with Crippen LogP contribution >= 0.6 is 0 Å². The van der Waals surface area contributed by atoms with Crippen molar-refractivity contribution in [3.63, 3.8) is 0 Å². The molecule has 2 heterocycles. The van der Waals surface area contributed by atoms with Crippen molar-refractivity contribution >= 4 is 11.6 Å². The molecule has 0 aliphatic carbocycles. The monoisotopic (exact) mass is 496 g/mol. The number of aryl methyl sites for hydroxylation is 2. The van der Waals surface area contributed by atoms with Crippen LogP contribution in [-0.2, 0) is 0 Å². The van der Waals surface area contributed by atoms with E-state index in [0.29, 0.717) is 29.8 Å². The van der Waals surface area contributed by atoms with E-state index in [1.165, 1.54) is 12.8 Å². The normalized spacial score (nSPS) is 15.9. The van der Waals surface area contributed by atoms with E-state index < -0.39 is 0 Å². The van der Waals surface area contributed by atoms with Gasteiger partial charge < -0.3 is 19.5 Å². The maximum absolute atomic E-state index is 12.9. The highest BCUT2D eigenvalue weighted by Crippen LogP contribution is 2.28. The zero-order valence-corrected chi connectivity index (χ0v) is 21.5. The fraction of sp³-hybridized carbons (Fsp3) is 0.300. The van der Waals surface area contributed by atoms with Gasteiger partial charge in [0.05, 0.1) is 6.61 Å². The van der Waals surface area contributed by atoms with Gasteiger partial charge in [-0.2, -0.15) is 4.98 Å². The summed E-state index contributed by atoms with van der Waals surface area (Å²) in [5.41, 5.74) is 5.44. The Balaban J connectivity index is 1.22. The predicted octanol–water partition coefficient (Wildman–Crippen LogP) is 5.99. The largest absolute Gasteiger partial charge is 0.493 e. The highest BCUT2D eigenvalue weighted by molar-refractivity contribution is 6.04. The Morgan fingerprint density at radius 1 is 1.08 bits per heavy atom. The Kier molecular flexibility index (Phi) is 7.32. The predicted molar refractivity (Wildman–Crippen MR) is 145 cm³/mol. The molecule has 4 aromatic rings. The van der Waals surface area contributed by atoms with Crippen molar-refractivity contribution in [2.24, 2.45) is 5.92 Å². The number of rotatable bonds is 7. The second-order valence-corrected chi connectivity index (χ2v) is 9.81. The number of nitrogens with one attached hydrogen (secondary N) is 1. The van der Waals surface area contributed by atoms with Crippen molar-refractivity contribution in [2.45, 2.75) is 26.7 Å². The van der Waals surface area contributed by atoms with Crippen molar-refractivity contribution in [3.05, 3.63) is 83.7 Å². The van der Waals surface area contributed by atoms with E-state index in [2.05, 4.69) is 27.4 Å². The van der Waals surface area contributed by atoms with Gasteiger partial charge in [-0.1, -0.05) is 35.5 Å². The number of ether oxygens (including phenoxy) is 1. The maximum atomic E-state index is 12.9. The van der Waals surface area contributed by atoms with Gasteiger partial charge in [-0.25, -0.2) is 0 Å². The number of carbonyl (C=O) groups is 1.